The molecule has 3 heteroatoms. The zero-order valence-corrected chi connectivity index (χ0v) is 14.9. The molecule has 3 aromatic carbocycles. The van der Waals surface area contributed by atoms with Gasteiger partial charge in [-0.3, -0.25) is 0 Å². The van der Waals surface area contributed by atoms with Gasteiger partial charge in [-0.1, -0.05) is 72.8 Å². The third-order valence-electron chi connectivity index (χ3n) is 4.40. The lowest BCUT2D eigenvalue weighted by molar-refractivity contribution is 0.225. The highest BCUT2D eigenvalue weighted by Gasteiger charge is 2.35. The van der Waals surface area contributed by atoms with Gasteiger partial charge < -0.3 is 4.43 Å². The highest BCUT2D eigenvalue weighted by Crippen LogP contribution is 2.22. The molecule has 0 radical (unpaired) electrons. The zero-order valence-electron chi connectivity index (χ0n) is 13.9. The number of hydrogen-bond acceptors (Lipinski definition) is 1. The minimum Gasteiger partial charge on any atom is -0.402 e. The van der Waals surface area contributed by atoms with Gasteiger partial charge in [0.05, 0.1) is 6.10 Å². The molecule has 0 heterocycles. The van der Waals surface area contributed by atoms with Gasteiger partial charge >= 0.3 is 0 Å². The Hall–Kier alpha value is -2.23. The fraction of sp³-hybridized carbons (Fsp3) is 0.143. The molecule has 0 amide bonds. The fourth-order valence-electron chi connectivity index (χ4n) is 2.97. The van der Waals surface area contributed by atoms with Crippen LogP contribution in [0, 0.1) is 5.82 Å². The molecule has 0 aliphatic heterocycles. The van der Waals surface area contributed by atoms with Gasteiger partial charge in [-0.2, -0.15) is 0 Å². The average Bonchev–Trinajstić information content (AvgIpc) is 2.63. The summed E-state index contributed by atoms with van der Waals surface area (Å²) in [6, 6.07) is 27.4. The Morgan fingerprint density at radius 2 is 1.21 bits per heavy atom. The second-order valence-electron chi connectivity index (χ2n) is 6.08. The fourth-order valence-corrected chi connectivity index (χ4v) is 6.08. The Bertz CT molecular complexity index is 732. The molecular formula is C21H21FOSi. The molecule has 3 rings (SSSR count). The van der Waals surface area contributed by atoms with E-state index in [1.807, 2.05) is 19.1 Å². The summed E-state index contributed by atoms with van der Waals surface area (Å²) in [6.07, 6.45) is -0.109. The molecule has 0 aliphatic rings. The van der Waals surface area contributed by atoms with Gasteiger partial charge in [0, 0.05) is 0 Å². The molecule has 0 saturated carbocycles. The first kappa shape index (κ1) is 16.6. The molecule has 24 heavy (non-hydrogen) atoms. The van der Waals surface area contributed by atoms with Crippen LogP contribution in [0.4, 0.5) is 4.39 Å². The van der Waals surface area contributed by atoms with Crippen LogP contribution in [0.25, 0.3) is 0 Å². The standard InChI is InChI=1S/C21H21FOSi/c1-17(18-13-15-19(22)16-14-18)23-24(2,20-9-5-3-6-10-20)21-11-7-4-8-12-21/h3-17H,1-2H3. The lowest BCUT2D eigenvalue weighted by atomic mass is 10.1. The molecule has 0 saturated heterocycles. The van der Waals surface area contributed by atoms with Crippen LogP contribution in [-0.2, 0) is 4.43 Å². The summed E-state index contributed by atoms with van der Waals surface area (Å²) in [7, 11) is -2.35. The van der Waals surface area contributed by atoms with Crippen molar-refractivity contribution in [3.8, 4) is 0 Å². The van der Waals surface area contributed by atoms with Crippen molar-refractivity contribution in [2.75, 3.05) is 0 Å². The summed E-state index contributed by atoms with van der Waals surface area (Å²) in [5, 5.41) is 2.45. The van der Waals surface area contributed by atoms with Gasteiger partial charge in [-0.05, 0) is 41.5 Å². The predicted molar refractivity (Wildman–Crippen MR) is 99.7 cm³/mol. The molecule has 1 atom stereocenters. The number of hydrogen-bond donors (Lipinski definition) is 0. The number of rotatable bonds is 5. The van der Waals surface area contributed by atoms with Crippen molar-refractivity contribution >= 4 is 18.7 Å². The molecule has 0 spiro atoms. The first-order valence-electron chi connectivity index (χ1n) is 8.14. The van der Waals surface area contributed by atoms with Crippen molar-refractivity contribution in [2.45, 2.75) is 19.6 Å². The van der Waals surface area contributed by atoms with E-state index in [9.17, 15) is 4.39 Å². The Morgan fingerprint density at radius 1 is 0.750 bits per heavy atom. The molecular weight excluding hydrogens is 315 g/mol. The first-order valence-corrected chi connectivity index (χ1v) is 10.5. The lowest BCUT2D eigenvalue weighted by Gasteiger charge is -2.32. The molecule has 1 nitrogen and oxygen atoms in total. The van der Waals surface area contributed by atoms with E-state index in [4.69, 9.17) is 4.43 Å². The molecule has 3 aromatic rings. The van der Waals surface area contributed by atoms with E-state index in [1.54, 1.807) is 12.1 Å². The SMILES string of the molecule is CC(O[Si](C)(c1ccccc1)c1ccccc1)c1ccc(F)cc1. The highest BCUT2D eigenvalue weighted by molar-refractivity contribution is 6.96. The van der Waals surface area contributed by atoms with Crippen LogP contribution in [0.15, 0.2) is 84.9 Å². The van der Waals surface area contributed by atoms with Crippen LogP contribution in [0.1, 0.15) is 18.6 Å². The quantitative estimate of drug-likeness (QED) is 0.632. The lowest BCUT2D eigenvalue weighted by Crippen LogP contribution is -2.58. The van der Waals surface area contributed by atoms with Crippen LogP contribution in [0.3, 0.4) is 0 Å². The van der Waals surface area contributed by atoms with E-state index in [0.29, 0.717) is 0 Å². The maximum Gasteiger partial charge on any atom is 0.253 e. The van der Waals surface area contributed by atoms with Crippen molar-refractivity contribution in [1.82, 2.24) is 0 Å². The van der Waals surface area contributed by atoms with E-state index in [1.165, 1.54) is 22.5 Å². The third kappa shape index (κ3) is 3.47. The molecule has 122 valence electrons. The van der Waals surface area contributed by atoms with Gasteiger partial charge in [0.1, 0.15) is 5.82 Å². The van der Waals surface area contributed by atoms with Crippen molar-refractivity contribution in [2.24, 2.45) is 0 Å². The summed E-state index contributed by atoms with van der Waals surface area (Å²) in [5.41, 5.74) is 0.988. The Balaban J connectivity index is 1.98. The molecule has 0 bridgehead atoms. The molecule has 1 unspecified atom stereocenters. The highest BCUT2D eigenvalue weighted by atomic mass is 28.4. The maximum atomic E-state index is 13.2. The van der Waals surface area contributed by atoms with Gasteiger partial charge in [-0.25, -0.2) is 4.39 Å². The largest absolute Gasteiger partial charge is 0.402 e. The second-order valence-corrected chi connectivity index (χ2v) is 9.53. The number of halogens is 1. The summed E-state index contributed by atoms with van der Waals surface area (Å²) >= 11 is 0. The summed E-state index contributed by atoms with van der Waals surface area (Å²) in [6.45, 7) is 4.25. The van der Waals surface area contributed by atoms with Crippen molar-refractivity contribution < 1.29 is 8.82 Å². The minimum absolute atomic E-state index is 0.109. The van der Waals surface area contributed by atoms with E-state index >= 15 is 0 Å². The summed E-state index contributed by atoms with van der Waals surface area (Å²) in [5.74, 6) is -0.225. The Labute approximate surface area is 143 Å². The second kappa shape index (κ2) is 7.12. The van der Waals surface area contributed by atoms with E-state index in [-0.39, 0.29) is 11.9 Å². The third-order valence-corrected chi connectivity index (χ3v) is 8.10. The molecule has 0 fully saturated rings. The van der Waals surface area contributed by atoms with Crippen LogP contribution in [0.5, 0.6) is 0 Å². The first-order chi connectivity index (χ1) is 11.6. The predicted octanol–water partition coefficient (Wildman–Crippen LogP) is 4.29. The summed E-state index contributed by atoms with van der Waals surface area (Å²) in [4.78, 5) is 0. The van der Waals surface area contributed by atoms with E-state index < -0.39 is 8.32 Å². The smallest absolute Gasteiger partial charge is 0.253 e. The van der Waals surface area contributed by atoms with E-state index in [2.05, 4.69) is 55.1 Å². The van der Waals surface area contributed by atoms with Gasteiger partial charge in [0.2, 0.25) is 0 Å². The zero-order chi connectivity index (χ0) is 17.0. The maximum absolute atomic E-state index is 13.2. The van der Waals surface area contributed by atoms with Crippen molar-refractivity contribution in [3.05, 3.63) is 96.3 Å². The van der Waals surface area contributed by atoms with Crippen molar-refractivity contribution in [3.63, 3.8) is 0 Å². The summed E-state index contributed by atoms with van der Waals surface area (Å²) < 4.78 is 19.8. The monoisotopic (exact) mass is 336 g/mol. The van der Waals surface area contributed by atoms with E-state index in [0.717, 1.165) is 5.56 Å². The molecule has 0 aromatic heterocycles. The topological polar surface area (TPSA) is 9.23 Å². The average molecular weight is 336 g/mol. The van der Waals surface area contributed by atoms with Crippen molar-refractivity contribution in [1.29, 1.82) is 0 Å². The van der Waals surface area contributed by atoms with Gasteiger partial charge in [0.15, 0.2) is 0 Å². The molecule has 0 N–H and O–H groups in total. The minimum atomic E-state index is -2.35. The van der Waals surface area contributed by atoms with Crippen LogP contribution < -0.4 is 10.4 Å². The normalized spacial score (nSPS) is 12.8. The number of benzene rings is 3. The Kier molecular flexibility index (Phi) is 4.93. The van der Waals surface area contributed by atoms with Gasteiger partial charge in [-0.15, -0.1) is 0 Å². The Morgan fingerprint density at radius 3 is 1.67 bits per heavy atom. The van der Waals surface area contributed by atoms with Crippen LogP contribution >= 0.6 is 0 Å². The van der Waals surface area contributed by atoms with Gasteiger partial charge in [0.25, 0.3) is 8.32 Å². The van der Waals surface area contributed by atoms with Crippen LogP contribution in [0.2, 0.25) is 6.55 Å². The molecule has 0 aliphatic carbocycles. The van der Waals surface area contributed by atoms with Crippen LogP contribution in [-0.4, -0.2) is 8.32 Å².